The molecule has 0 unspecified atom stereocenters. The van der Waals surface area contributed by atoms with Gasteiger partial charge in [-0.25, -0.2) is 4.79 Å². The minimum Gasteiger partial charge on any atom is -0.476 e. The first kappa shape index (κ1) is 12.7. The lowest BCUT2D eigenvalue weighted by Gasteiger charge is -2.01. The molecule has 0 aliphatic carbocycles. The van der Waals surface area contributed by atoms with Crippen molar-refractivity contribution < 1.29 is 14.8 Å². The van der Waals surface area contributed by atoms with Crippen LogP contribution in [0.25, 0.3) is 0 Å². The molecule has 0 spiro atoms. The van der Waals surface area contributed by atoms with Crippen molar-refractivity contribution in [1.29, 1.82) is 0 Å². The number of carboxylic acids is 1. The fourth-order valence-corrected chi connectivity index (χ4v) is 1.67. The zero-order valence-corrected chi connectivity index (χ0v) is 9.98. The maximum absolute atomic E-state index is 10.9. The Balaban J connectivity index is 2.34. The van der Waals surface area contributed by atoms with Gasteiger partial charge in [0.05, 0.1) is 11.5 Å². The number of hydrogen-bond acceptors (Lipinski definition) is 5. The highest BCUT2D eigenvalue weighted by Gasteiger charge is 2.25. The normalized spacial score (nSPS) is 10.4. The molecular formula is C11H10N4O4. The summed E-state index contributed by atoms with van der Waals surface area (Å²) >= 11 is 0. The van der Waals surface area contributed by atoms with Crippen LogP contribution in [0, 0.1) is 17.0 Å². The fourth-order valence-electron chi connectivity index (χ4n) is 1.67. The van der Waals surface area contributed by atoms with E-state index in [2.05, 4.69) is 10.1 Å². The highest BCUT2D eigenvalue weighted by molar-refractivity contribution is 5.89. The van der Waals surface area contributed by atoms with Crippen molar-refractivity contribution in [2.75, 3.05) is 0 Å². The number of aromatic carboxylic acids is 1. The molecule has 0 aromatic carbocycles. The van der Waals surface area contributed by atoms with Gasteiger partial charge in [0.15, 0.2) is 0 Å². The summed E-state index contributed by atoms with van der Waals surface area (Å²) in [5.41, 5.74) is 0.644. The summed E-state index contributed by atoms with van der Waals surface area (Å²) in [6, 6.07) is 1.85. The van der Waals surface area contributed by atoms with Crippen molar-refractivity contribution in [2.45, 2.75) is 13.5 Å². The molecule has 8 nitrogen and oxygen atoms in total. The van der Waals surface area contributed by atoms with E-state index in [0.29, 0.717) is 0 Å². The van der Waals surface area contributed by atoms with Crippen LogP contribution in [0.2, 0.25) is 0 Å². The van der Waals surface area contributed by atoms with Gasteiger partial charge in [-0.15, -0.1) is 0 Å². The van der Waals surface area contributed by atoms with Crippen LogP contribution < -0.4 is 0 Å². The number of nitro groups is 1. The molecule has 0 saturated heterocycles. The first-order valence-electron chi connectivity index (χ1n) is 5.33. The Bertz CT molecular complexity index is 618. The van der Waals surface area contributed by atoms with Crippen LogP contribution in [-0.2, 0) is 6.54 Å². The average Bonchev–Trinajstić information content (AvgIpc) is 2.73. The topological polar surface area (TPSA) is 111 Å². The second kappa shape index (κ2) is 4.84. The third kappa shape index (κ3) is 2.73. The van der Waals surface area contributed by atoms with Crippen molar-refractivity contribution in [3.63, 3.8) is 0 Å². The molecule has 8 heteroatoms. The molecule has 2 heterocycles. The van der Waals surface area contributed by atoms with Crippen LogP contribution in [-0.4, -0.2) is 30.8 Å². The Kier molecular flexibility index (Phi) is 3.23. The van der Waals surface area contributed by atoms with Crippen LogP contribution in [0.1, 0.15) is 21.6 Å². The number of pyridine rings is 1. The summed E-state index contributed by atoms with van der Waals surface area (Å²) in [4.78, 5) is 24.8. The molecule has 0 amide bonds. The lowest BCUT2D eigenvalue weighted by atomic mass is 10.2. The molecule has 0 saturated carbocycles. The summed E-state index contributed by atoms with van der Waals surface area (Å²) in [5.74, 6) is -1.42. The molecule has 98 valence electrons. The van der Waals surface area contributed by atoms with Gasteiger partial charge in [0.1, 0.15) is 6.20 Å². The van der Waals surface area contributed by atoms with E-state index in [1.54, 1.807) is 12.4 Å². The number of rotatable bonds is 4. The van der Waals surface area contributed by atoms with E-state index >= 15 is 0 Å². The summed E-state index contributed by atoms with van der Waals surface area (Å²) in [6.45, 7) is 2.09. The van der Waals surface area contributed by atoms with Crippen molar-refractivity contribution in [1.82, 2.24) is 14.8 Å². The Labute approximate surface area is 107 Å². The Morgan fingerprint density at radius 2 is 2.26 bits per heavy atom. The van der Waals surface area contributed by atoms with Crippen LogP contribution >= 0.6 is 0 Å². The lowest BCUT2D eigenvalue weighted by Crippen LogP contribution is -2.05. The highest BCUT2D eigenvalue weighted by atomic mass is 16.6. The monoisotopic (exact) mass is 262 g/mol. The SMILES string of the molecule is Cc1cncc(Cn2cc([N+](=O)[O-])c(C(=O)O)n2)c1. The van der Waals surface area contributed by atoms with Gasteiger partial charge < -0.3 is 5.11 Å². The molecule has 0 aliphatic heterocycles. The van der Waals surface area contributed by atoms with Gasteiger partial charge in [-0.1, -0.05) is 6.07 Å². The number of aryl methyl sites for hydroxylation is 1. The fraction of sp³-hybridized carbons (Fsp3) is 0.182. The average molecular weight is 262 g/mol. The van der Waals surface area contributed by atoms with E-state index in [0.717, 1.165) is 17.3 Å². The van der Waals surface area contributed by atoms with E-state index in [9.17, 15) is 14.9 Å². The molecule has 0 atom stereocenters. The van der Waals surface area contributed by atoms with E-state index in [1.807, 2.05) is 13.0 Å². The third-order valence-corrected chi connectivity index (χ3v) is 2.42. The zero-order chi connectivity index (χ0) is 14.0. The van der Waals surface area contributed by atoms with Crippen molar-refractivity contribution >= 4 is 11.7 Å². The van der Waals surface area contributed by atoms with E-state index in [4.69, 9.17) is 5.11 Å². The molecule has 0 bridgehead atoms. The summed E-state index contributed by atoms with van der Waals surface area (Å²) in [6.07, 6.45) is 4.38. The molecule has 19 heavy (non-hydrogen) atoms. The smallest absolute Gasteiger partial charge is 0.363 e. The maximum atomic E-state index is 10.9. The van der Waals surface area contributed by atoms with Gasteiger partial charge in [-0.2, -0.15) is 5.10 Å². The largest absolute Gasteiger partial charge is 0.476 e. The molecule has 0 radical (unpaired) electrons. The van der Waals surface area contributed by atoms with Crippen LogP contribution in [0.15, 0.2) is 24.7 Å². The standard InChI is InChI=1S/C11H10N4O4/c1-7-2-8(4-12-3-7)5-14-6-9(15(18)19)10(13-14)11(16)17/h2-4,6H,5H2,1H3,(H,16,17). The summed E-state index contributed by atoms with van der Waals surface area (Å²) in [7, 11) is 0. The Morgan fingerprint density at radius 3 is 2.79 bits per heavy atom. The van der Waals surface area contributed by atoms with Gasteiger partial charge in [0, 0.05) is 12.4 Å². The first-order valence-corrected chi connectivity index (χ1v) is 5.33. The van der Waals surface area contributed by atoms with Gasteiger partial charge >= 0.3 is 11.7 Å². The van der Waals surface area contributed by atoms with Crippen molar-refractivity contribution in [3.8, 4) is 0 Å². The molecule has 1 N–H and O–H groups in total. The summed E-state index contributed by atoms with van der Waals surface area (Å²) in [5, 5.41) is 23.3. The number of hydrogen-bond donors (Lipinski definition) is 1. The third-order valence-electron chi connectivity index (χ3n) is 2.42. The quantitative estimate of drug-likeness (QED) is 0.655. The minimum atomic E-state index is -1.42. The molecule has 0 fully saturated rings. The zero-order valence-electron chi connectivity index (χ0n) is 9.98. The molecule has 2 aromatic heterocycles. The van der Waals surface area contributed by atoms with Gasteiger partial charge in [0.2, 0.25) is 5.69 Å². The molecule has 0 aliphatic rings. The Hall–Kier alpha value is -2.77. The molecule has 2 aromatic rings. The summed E-state index contributed by atoms with van der Waals surface area (Å²) < 4.78 is 1.22. The number of nitrogens with zero attached hydrogens (tertiary/aromatic N) is 4. The lowest BCUT2D eigenvalue weighted by molar-refractivity contribution is -0.385. The predicted molar refractivity (Wildman–Crippen MR) is 63.9 cm³/mol. The molecular weight excluding hydrogens is 252 g/mol. The second-order valence-electron chi connectivity index (χ2n) is 3.99. The number of carbonyl (C=O) groups is 1. The van der Waals surface area contributed by atoms with E-state index in [-0.39, 0.29) is 6.54 Å². The van der Waals surface area contributed by atoms with Gasteiger partial charge in [-0.05, 0) is 18.1 Å². The second-order valence-corrected chi connectivity index (χ2v) is 3.99. The van der Waals surface area contributed by atoms with Crippen LogP contribution in [0.5, 0.6) is 0 Å². The van der Waals surface area contributed by atoms with Crippen LogP contribution in [0.4, 0.5) is 5.69 Å². The highest BCUT2D eigenvalue weighted by Crippen LogP contribution is 2.17. The number of aromatic nitrogens is 3. The van der Waals surface area contributed by atoms with Crippen molar-refractivity contribution in [3.05, 3.63) is 51.6 Å². The van der Waals surface area contributed by atoms with Crippen molar-refractivity contribution in [2.24, 2.45) is 0 Å². The van der Waals surface area contributed by atoms with E-state index < -0.39 is 22.3 Å². The van der Waals surface area contributed by atoms with E-state index in [1.165, 1.54) is 4.68 Å². The minimum absolute atomic E-state index is 0.225. The Morgan fingerprint density at radius 1 is 1.53 bits per heavy atom. The number of carboxylic acid groups (broad SMARTS) is 1. The first-order chi connectivity index (χ1) is 8.97. The maximum Gasteiger partial charge on any atom is 0.363 e. The van der Waals surface area contributed by atoms with Gasteiger partial charge in [0.25, 0.3) is 0 Å². The van der Waals surface area contributed by atoms with Gasteiger partial charge in [-0.3, -0.25) is 19.8 Å². The predicted octanol–water partition coefficient (Wildman–Crippen LogP) is 1.24. The molecule has 2 rings (SSSR count). The van der Waals surface area contributed by atoms with Crippen LogP contribution in [0.3, 0.4) is 0 Å².